The molecule has 0 heterocycles. The first-order valence-corrected chi connectivity index (χ1v) is 5.33. The van der Waals surface area contributed by atoms with Crippen molar-refractivity contribution in [3.63, 3.8) is 0 Å². The molecule has 0 saturated heterocycles. The molecular formula is C14H12F2O2. The smallest absolute Gasteiger partial charge is 0.133 e. The number of rotatable bonds is 3. The van der Waals surface area contributed by atoms with Crippen molar-refractivity contribution < 1.29 is 18.3 Å². The Morgan fingerprint density at radius 1 is 0.833 bits per heavy atom. The minimum Gasteiger partial charge on any atom is -0.497 e. The fraction of sp³-hybridized carbons (Fsp3) is 0.143. The average molecular weight is 250 g/mol. The number of methoxy groups -OCH3 is 2. The largest absolute Gasteiger partial charge is 0.497 e. The van der Waals surface area contributed by atoms with E-state index in [1.54, 1.807) is 18.2 Å². The third-order valence-electron chi connectivity index (χ3n) is 2.60. The Hall–Kier alpha value is -2.10. The molecule has 2 aromatic carbocycles. The molecule has 18 heavy (non-hydrogen) atoms. The van der Waals surface area contributed by atoms with Gasteiger partial charge in [0.15, 0.2) is 0 Å². The summed E-state index contributed by atoms with van der Waals surface area (Å²) in [7, 11) is 2.96. The first-order chi connectivity index (χ1) is 8.65. The molecule has 0 saturated carbocycles. The van der Waals surface area contributed by atoms with E-state index in [9.17, 15) is 8.78 Å². The third-order valence-corrected chi connectivity index (χ3v) is 2.60. The topological polar surface area (TPSA) is 18.5 Å². The van der Waals surface area contributed by atoms with Crippen LogP contribution in [0.15, 0.2) is 36.4 Å². The highest BCUT2D eigenvalue weighted by atomic mass is 19.1. The van der Waals surface area contributed by atoms with Gasteiger partial charge in [-0.15, -0.1) is 0 Å². The Morgan fingerprint density at radius 3 is 1.78 bits per heavy atom. The van der Waals surface area contributed by atoms with E-state index in [4.69, 9.17) is 9.47 Å². The van der Waals surface area contributed by atoms with E-state index in [1.807, 2.05) is 0 Å². The van der Waals surface area contributed by atoms with E-state index in [1.165, 1.54) is 32.4 Å². The number of ether oxygens (including phenoxy) is 2. The van der Waals surface area contributed by atoms with Crippen molar-refractivity contribution in [1.29, 1.82) is 0 Å². The Balaban J connectivity index is 2.63. The molecule has 0 aliphatic heterocycles. The Kier molecular flexibility index (Phi) is 3.46. The molecule has 2 rings (SSSR count). The first-order valence-electron chi connectivity index (χ1n) is 5.33. The van der Waals surface area contributed by atoms with Crippen molar-refractivity contribution in [3.8, 4) is 22.6 Å². The molecule has 0 unspecified atom stereocenters. The van der Waals surface area contributed by atoms with E-state index < -0.39 is 11.6 Å². The van der Waals surface area contributed by atoms with Crippen LogP contribution in [-0.4, -0.2) is 14.2 Å². The number of hydrogen-bond acceptors (Lipinski definition) is 2. The normalized spacial score (nSPS) is 10.2. The summed E-state index contributed by atoms with van der Waals surface area (Å²) in [4.78, 5) is 0. The van der Waals surface area contributed by atoms with Gasteiger partial charge in [0.05, 0.1) is 19.8 Å². The molecule has 2 nitrogen and oxygen atoms in total. The van der Waals surface area contributed by atoms with E-state index in [0.717, 1.165) is 0 Å². The predicted molar refractivity (Wildman–Crippen MR) is 64.9 cm³/mol. The molecule has 94 valence electrons. The van der Waals surface area contributed by atoms with Crippen molar-refractivity contribution in [1.82, 2.24) is 0 Å². The maximum atomic E-state index is 13.7. The van der Waals surface area contributed by atoms with Gasteiger partial charge in [-0.2, -0.15) is 0 Å². The van der Waals surface area contributed by atoms with Crippen molar-refractivity contribution in [2.24, 2.45) is 0 Å². The lowest BCUT2D eigenvalue weighted by Crippen LogP contribution is -1.93. The van der Waals surface area contributed by atoms with E-state index in [-0.39, 0.29) is 5.56 Å². The maximum absolute atomic E-state index is 13.7. The zero-order chi connectivity index (χ0) is 13.1. The molecule has 4 heteroatoms. The summed E-state index contributed by atoms with van der Waals surface area (Å²) in [6.45, 7) is 0. The molecule has 0 atom stereocenters. The first kappa shape index (κ1) is 12.4. The Bertz CT molecular complexity index is 525. The molecule has 2 aromatic rings. The van der Waals surface area contributed by atoms with Crippen LogP contribution in [0.2, 0.25) is 0 Å². The lowest BCUT2D eigenvalue weighted by Gasteiger charge is -2.10. The molecule has 0 bridgehead atoms. The van der Waals surface area contributed by atoms with Crippen LogP contribution in [0.3, 0.4) is 0 Å². The van der Waals surface area contributed by atoms with Crippen LogP contribution in [0.4, 0.5) is 8.78 Å². The van der Waals surface area contributed by atoms with Crippen LogP contribution < -0.4 is 9.47 Å². The predicted octanol–water partition coefficient (Wildman–Crippen LogP) is 3.65. The summed E-state index contributed by atoms with van der Waals surface area (Å²) < 4.78 is 37.5. The molecule has 0 radical (unpaired) electrons. The van der Waals surface area contributed by atoms with Gasteiger partial charge in [-0.05, 0) is 29.8 Å². The van der Waals surface area contributed by atoms with Gasteiger partial charge < -0.3 is 9.47 Å². The van der Waals surface area contributed by atoms with Crippen LogP contribution in [0.1, 0.15) is 0 Å². The summed E-state index contributed by atoms with van der Waals surface area (Å²) in [5, 5.41) is 0. The highest BCUT2D eigenvalue weighted by molar-refractivity contribution is 5.68. The molecule has 0 aliphatic carbocycles. The van der Waals surface area contributed by atoms with Crippen molar-refractivity contribution in [2.75, 3.05) is 14.2 Å². The number of halogens is 2. The molecule has 0 fully saturated rings. The van der Waals surface area contributed by atoms with Gasteiger partial charge in [-0.3, -0.25) is 0 Å². The van der Waals surface area contributed by atoms with Crippen LogP contribution in [-0.2, 0) is 0 Å². The fourth-order valence-electron chi connectivity index (χ4n) is 1.73. The second-order valence-electron chi connectivity index (χ2n) is 3.70. The van der Waals surface area contributed by atoms with Gasteiger partial charge in [0.25, 0.3) is 0 Å². The zero-order valence-electron chi connectivity index (χ0n) is 10.0. The van der Waals surface area contributed by atoms with E-state index in [2.05, 4.69) is 0 Å². The van der Waals surface area contributed by atoms with E-state index in [0.29, 0.717) is 17.1 Å². The second kappa shape index (κ2) is 5.04. The van der Waals surface area contributed by atoms with Gasteiger partial charge in [0, 0.05) is 6.07 Å². The monoisotopic (exact) mass is 250 g/mol. The van der Waals surface area contributed by atoms with E-state index >= 15 is 0 Å². The molecule has 0 N–H and O–H groups in total. The molecule has 0 aliphatic rings. The van der Waals surface area contributed by atoms with Crippen LogP contribution in [0, 0.1) is 11.6 Å². The van der Waals surface area contributed by atoms with Crippen LogP contribution >= 0.6 is 0 Å². The summed E-state index contributed by atoms with van der Waals surface area (Å²) in [6.07, 6.45) is 0. The minimum atomic E-state index is -0.620. The summed E-state index contributed by atoms with van der Waals surface area (Å²) in [6, 6.07) is 8.51. The van der Waals surface area contributed by atoms with Gasteiger partial charge in [-0.1, -0.05) is 6.07 Å². The fourth-order valence-corrected chi connectivity index (χ4v) is 1.73. The molecular weight excluding hydrogens is 238 g/mol. The maximum Gasteiger partial charge on any atom is 0.133 e. The van der Waals surface area contributed by atoms with Gasteiger partial charge in [0.1, 0.15) is 23.1 Å². The quantitative estimate of drug-likeness (QED) is 0.827. The van der Waals surface area contributed by atoms with Gasteiger partial charge in [-0.25, -0.2) is 8.78 Å². The molecule has 0 aromatic heterocycles. The zero-order valence-corrected chi connectivity index (χ0v) is 10.0. The van der Waals surface area contributed by atoms with Gasteiger partial charge in [0.2, 0.25) is 0 Å². The van der Waals surface area contributed by atoms with Crippen LogP contribution in [0.25, 0.3) is 11.1 Å². The summed E-state index contributed by atoms with van der Waals surface area (Å²) in [5.41, 5.74) is 0.288. The summed E-state index contributed by atoms with van der Waals surface area (Å²) >= 11 is 0. The summed E-state index contributed by atoms with van der Waals surface area (Å²) in [5.74, 6) is -0.283. The molecule has 0 amide bonds. The lowest BCUT2D eigenvalue weighted by molar-refractivity contribution is 0.394. The van der Waals surface area contributed by atoms with Crippen molar-refractivity contribution >= 4 is 0 Å². The van der Waals surface area contributed by atoms with Gasteiger partial charge >= 0.3 is 0 Å². The third kappa shape index (κ3) is 2.27. The van der Waals surface area contributed by atoms with Crippen LogP contribution in [0.5, 0.6) is 11.5 Å². The highest BCUT2D eigenvalue weighted by Crippen LogP contribution is 2.32. The Morgan fingerprint density at radius 2 is 1.33 bits per heavy atom. The minimum absolute atomic E-state index is 0.0882. The highest BCUT2D eigenvalue weighted by Gasteiger charge is 2.13. The Labute approximate surface area is 104 Å². The standard InChI is InChI=1S/C14H12F2O2/c1-17-10-6-9(7-11(8-10)18-2)14-12(15)4-3-5-13(14)16/h3-8H,1-2H3. The molecule has 0 spiro atoms. The number of hydrogen-bond donors (Lipinski definition) is 0. The SMILES string of the molecule is COc1cc(OC)cc(-c2c(F)cccc2F)c1. The lowest BCUT2D eigenvalue weighted by atomic mass is 10.0. The van der Waals surface area contributed by atoms with Crippen molar-refractivity contribution in [2.45, 2.75) is 0 Å². The van der Waals surface area contributed by atoms with Crippen molar-refractivity contribution in [3.05, 3.63) is 48.0 Å². The number of benzene rings is 2. The average Bonchev–Trinajstić information content (AvgIpc) is 2.38. The second-order valence-corrected chi connectivity index (χ2v) is 3.70.